The second kappa shape index (κ2) is 7.69. The smallest absolute Gasteiger partial charge is 0.257 e. The molecule has 0 unspecified atom stereocenters. The van der Waals surface area contributed by atoms with E-state index in [0.717, 1.165) is 16.5 Å². The summed E-state index contributed by atoms with van der Waals surface area (Å²) in [7, 11) is -3.56. The van der Waals surface area contributed by atoms with E-state index in [4.69, 9.17) is 0 Å². The molecule has 3 aromatic rings. The Hall–Kier alpha value is -2.77. The summed E-state index contributed by atoms with van der Waals surface area (Å²) in [5, 5.41) is 3.70. The van der Waals surface area contributed by atoms with Gasteiger partial charge in [-0.1, -0.05) is 11.6 Å². The fraction of sp³-hybridized carbons (Fsp3) is 0.238. The maximum atomic E-state index is 12.7. The highest BCUT2D eigenvalue weighted by molar-refractivity contribution is 7.89. The first-order chi connectivity index (χ1) is 13.2. The number of anilines is 1. The molecule has 0 aliphatic heterocycles. The molecular weight excluding hydrogens is 374 g/mol. The lowest BCUT2D eigenvalue weighted by Gasteiger charge is -2.11. The summed E-state index contributed by atoms with van der Waals surface area (Å²) in [4.78, 5) is 17.4. The van der Waals surface area contributed by atoms with E-state index in [9.17, 15) is 13.2 Å². The van der Waals surface area contributed by atoms with Crippen molar-refractivity contribution in [1.29, 1.82) is 0 Å². The van der Waals surface area contributed by atoms with Gasteiger partial charge in [0.25, 0.3) is 5.91 Å². The molecule has 0 radical (unpaired) electrons. The van der Waals surface area contributed by atoms with Crippen LogP contribution in [0, 0.1) is 13.8 Å². The van der Waals surface area contributed by atoms with Crippen LogP contribution >= 0.6 is 0 Å². The molecule has 0 aliphatic carbocycles. The number of hydrogen-bond acceptors (Lipinski definition) is 4. The summed E-state index contributed by atoms with van der Waals surface area (Å²) < 4.78 is 26.9. The van der Waals surface area contributed by atoms with Gasteiger partial charge in [0.2, 0.25) is 10.0 Å². The summed E-state index contributed by atoms with van der Waals surface area (Å²) >= 11 is 0. The molecule has 1 heterocycles. The van der Waals surface area contributed by atoms with Gasteiger partial charge in [0.15, 0.2) is 0 Å². The van der Waals surface area contributed by atoms with Crippen LogP contribution < -0.4 is 10.0 Å². The third-order valence-electron chi connectivity index (χ3n) is 4.22. The minimum absolute atomic E-state index is 0.151. The molecule has 3 rings (SSSR count). The van der Waals surface area contributed by atoms with Gasteiger partial charge in [-0.05, 0) is 70.2 Å². The van der Waals surface area contributed by atoms with Gasteiger partial charge < -0.3 is 5.32 Å². The zero-order valence-corrected chi connectivity index (χ0v) is 17.1. The maximum absolute atomic E-state index is 12.7. The van der Waals surface area contributed by atoms with Crippen molar-refractivity contribution >= 4 is 32.5 Å². The van der Waals surface area contributed by atoms with E-state index in [2.05, 4.69) is 15.0 Å². The molecule has 0 bridgehead atoms. The first kappa shape index (κ1) is 20.0. The van der Waals surface area contributed by atoms with Gasteiger partial charge in [0.05, 0.1) is 21.7 Å². The molecule has 0 aliphatic rings. The molecular formula is C21H23N3O3S. The normalized spacial score (nSPS) is 11.8. The van der Waals surface area contributed by atoms with Crippen molar-refractivity contribution in [3.8, 4) is 0 Å². The highest BCUT2D eigenvalue weighted by Gasteiger charge is 2.16. The monoisotopic (exact) mass is 397 g/mol. The molecule has 6 nitrogen and oxygen atoms in total. The van der Waals surface area contributed by atoms with Crippen LogP contribution in [0.3, 0.4) is 0 Å². The number of benzene rings is 2. The number of amides is 1. The average molecular weight is 398 g/mol. The molecule has 146 valence electrons. The largest absolute Gasteiger partial charge is 0.322 e. The van der Waals surface area contributed by atoms with Crippen molar-refractivity contribution in [2.45, 2.75) is 38.6 Å². The van der Waals surface area contributed by atoms with Crippen LogP contribution in [0.5, 0.6) is 0 Å². The quantitative estimate of drug-likeness (QED) is 0.686. The number of nitrogens with zero attached hydrogens (tertiary/aromatic N) is 1. The van der Waals surface area contributed by atoms with Gasteiger partial charge in [-0.3, -0.25) is 9.78 Å². The van der Waals surface area contributed by atoms with Gasteiger partial charge in [-0.15, -0.1) is 0 Å². The van der Waals surface area contributed by atoms with Crippen LogP contribution in [-0.4, -0.2) is 25.4 Å². The highest BCUT2D eigenvalue weighted by atomic mass is 32.2. The number of carbonyl (C=O) groups excluding carboxylic acids is 1. The second-order valence-corrected chi connectivity index (χ2v) is 8.79. The Labute approximate surface area is 165 Å². The molecule has 2 N–H and O–H groups in total. The number of nitrogens with one attached hydrogen (secondary N) is 2. The summed E-state index contributed by atoms with van der Waals surface area (Å²) in [6, 6.07) is 13.6. The first-order valence-corrected chi connectivity index (χ1v) is 10.5. The van der Waals surface area contributed by atoms with Gasteiger partial charge in [0, 0.05) is 17.1 Å². The van der Waals surface area contributed by atoms with E-state index in [1.54, 1.807) is 32.9 Å². The number of hydrogen-bond donors (Lipinski definition) is 2. The van der Waals surface area contributed by atoms with Crippen LogP contribution in [0.2, 0.25) is 0 Å². The van der Waals surface area contributed by atoms with E-state index < -0.39 is 10.0 Å². The van der Waals surface area contributed by atoms with E-state index in [1.807, 2.05) is 31.2 Å². The number of pyridine rings is 1. The predicted molar refractivity (Wildman–Crippen MR) is 111 cm³/mol. The molecule has 28 heavy (non-hydrogen) atoms. The van der Waals surface area contributed by atoms with Crippen LogP contribution in [-0.2, 0) is 10.0 Å². The molecule has 1 aromatic heterocycles. The lowest BCUT2D eigenvalue weighted by atomic mass is 10.1. The van der Waals surface area contributed by atoms with Gasteiger partial charge in [-0.25, -0.2) is 13.1 Å². The fourth-order valence-corrected chi connectivity index (χ4v) is 4.17. The lowest BCUT2D eigenvalue weighted by Crippen LogP contribution is -2.30. The Morgan fingerprint density at radius 2 is 1.68 bits per heavy atom. The Kier molecular flexibility index (Phi) is 5.49. The number of rotatable bonds is 5. The highest BCUT2D eigenvalue weighted by Crippen LogP contribution is 2.20. The topological polar surface area (TPSA) is 88.2 Å². The summed E-state index contributed by atoms with van der Waals surface area (Å²) in [6.07, 6.45) is 0. The van der Waals surface area contributed by atoms with E-state index >= 15 is 0 Å². The number of fused-ring (bicyclic) bond motifs is 1. The van der Waals surface area contributed by atoms with Crippen molar-refractivity contribution in [3.05, 3.63) is 65.4 Å². The lowest BCUT2D eigenvalue weighted by molar-refractivity contribution is 0.102. The molecule has 0 atom stereocenters. The van der Waals surface area contributed by atoms with Crippen LogP contribution in [0.25, 0.3) is 10.9 Å². The molecule has 2 aromatic carbocycles. The van der Waals surface area contributed by atoms with E-state index in [1.165, 1.54) is 12.1 Å². The third kappa shape index (κ3) is 4.37. The number of carbonyl (C=O) groups is 1. The Balaban J connectivity index is 1.83. The van der Waals surface area contributed by atoms with Crippen molar-refractivity contribution in [2.24, 2.45) is 0 Å². The van der Waals surface area contributed by atoms with E-state index in [-0.39, 0.29) is 16.8 Å². The zero-order valence-electron chi connectivity index (χ0n) is 16.3. The number of aromatic nitrogens is 1. The zero-order chi connectivity index (χ0) is 20.5. The fourth-order valence-electron chi connectivity index (χ4n) is 2.92. The molecule has 0 spiro atoms. The Morgan fingerprint density at radius 1 is 1.00 bits per heavy atom. The summed E-state index contributed by atoms with van der Waals surface area (Å²) in [6.45, 7) is 7.30. The third-order valence-corrected chi connectivity index (χ3v) is 5.89. The average Bonchev–Trinajstić information content (AvgIpc) is 2.61. The van der Waals surface area contributed by atoms with Crippen LogP contribution in [0.4, 0.5) is 5.69 Å². The van der Waals surface area contributed by atoms with Crippen molar-refractivity contribution in [1.82, 2.24) is 9.71 Å². The van der Waals surface area contributed by atoms with Crippen molar-refractivity contribution in [2.75, 3.05) is 5.32 Å². The Bertz CT molecular complexity index is 1140. The summed E-state index contributed by atoms with van der Waals surface area (Å²) in [5.74, 6) is -0.288. The molecule has 0 saturated heterocycles. The van der Waals surface area contributed by atoms with Crippen LogP contribution in [0.15, 0.2) is 53.4 Å². The van der Waals surface area contributed by atoms with E-state index in [0.29, 0.717) is 16.9 Å². The molecule has 0 saturated carbocycles. The SMILES string of the molecule is Cc1ccc2nc(C)c(C(=O)Nc3ccc(S(=O)(=O)NC(C)C)cc3)cc2c1. The minimum atomic E-state index is -3.56. The van der Waals surface area contributed by atoms with Gasteiger partial charge >= 0.3 is 0 Å². The van der Waals surface area contributed by atoms with Crippen molar-refractivity contribution < 1.29 is 13.2 Å². The second-order valence-electron chi connectivity index (χ2n) is 7.07. The van der Waals surface area contributed by atoms with Gasteiger partial charge in [0.1, 0.15) is 0 Å². The van der Waals surface area contributed by atoms with Crippen molar-refractivity contribution in [3.63, 3.8) is 0 Å². The number of sulfonamides is 1. The maximum Gasteiger partial charge on any atom is 0.257 e. The number of aryl methyl sites for hydroxylation is 2. The standard InChI is InChI=1S/C21H23N3O3S/c1-13(2)24-28(26,27)18-8-6-17(7-9-18)23-21(25)19-12-16-11-14(3)5-10-20(16)22-15(19)4/h5-13,24H,1-4H3,(H,23,25). The first-order valence-electron chi connectivity index (χ1n) is 8.97. The molecule has 7 heteroatoms. The van der Waals surface area contributed by atoms with Crippen LogP contribution in [0.1, 0.15) is 35.5 Å². The molecule has 1 amide bonds. The minimum Gasteiger partial charge on any atom is -0.322 e. The Morgan fingerprint density at radius 3 is 2.32 bits per heavy atom. The summed E-state index contributed by atoms with van der Waals surface area (Å²) in [5.41, 5.74) is 3.56. The predicted octanol–water partition coefficient (Wildman–Crippen LogP) is 3.79. The molecule has 0 fully saturated rings. The van der Waals surface area contributed by atoms with Gasteiger partial charge in [-0.2, -0.15) is 0 Å².